The van der Waals surface area contributed by atoms with E-state index >= 15 is 0 Å². The fraction of sp³-hybridized carbons (Fsp3) is 0.471. The molecule has 0 aromatic heterocycles. The Morgan fingerprint density at radius 1 is 1.21 bits per heavy atom. The highest BCUT2D eigenvalue weighted by Gasteiger charge is 2.37. The molecule has 0 aliphatic carbocycles. The Labute approximate surface area is 145 Å². The van der Waals surface area contributed by atoms with Crippen molar-refractivity contribution >= 4 is 29.4 Å². The second-order valence-corrected chi connectivity index (χ2v) is 6.56. The molecule has 1 aromatic rings. The number of carbonyl (C=O) groups excluding carboxylic acids is 2. The highest BCUT2D eigenvalue weighted by molar-refractivity contribution is 6.30. The van der Waals surface area contributed by atoms with Crippen molar-refractivity contribution in [3.05, 3.63) is 34.9 Å². The molecule has 0 unspecified atom stereocenters. The largest absolute Gasteiger partial charge is 0.481 e. The van der Waals surface area contributed by atoms with Crippen molar-refractivity contribution in [2.24, 2.45) is 0 Å². The van der Waals surface area contributed by atoms with Crippen LogP contribution in [0.1, 0.15) is 44.1 Å². The molecule has 2 amide bonds. The number of hydrogen-bond acceptors (Lipinski definition) is 3. The Hall–Kier alpha value is -2.08. The van der Waals surface area contributed by atoms with Gasteiger partial charge in [-0.1, -0.05) is 23.7 Å². The van der Waals surface area contributed by atoms with Crippen LogP contribution in [0.3, 0.4) is 0 Å². The quantitative estimate of drug-likeness (QED) is 0.668. The monoisotopic (exact) mass is 352 g/mol. The van der Waals surface area contributed by atoms with E-state index in [-0.39, 0.29) is 24.7 Å². The second-order valence-electron chi connectivity index (χ2n) is 6.13. The van der Waals surface area contributed by atoms with E-state index in [4.69, 9.17) is 16.7 Å². The van der Waals surface area contributed by atoms with Crippen molar-refractivity contribution in [1.29, 1.82) is 0 Å². The van der Waals surface area contributed by atoms with Crippen molar-refractivity contribution in [3.8, 4) is 0 Å². The summed E-state index contributed by atoms with van der Waals surface area (Å²) >= 11 is 5.81. The van der Waals surface area contributed by atoms with Crippen molar-refractivity contribution in [3.63, 3.8) is 0 Å². The smallest absolute Gasteiger partial charge is 0.303 e. The lowest BCUT2D eigenvalue weighted by atomic mass is 9.86. The minimum Gasteiger partial charge on any atom is -0.481 e. The van der Waals surface area contributed by atoms with Crippen LogP contribution in [0.25, 0.3) is 0 Å². The molecule has 0 spiro atoms. The number of rotatable bonds is 8. The molecule has 130 valence electrons. The Morgan fingerprint density at radius 3 is 2.46 bits per heavy atom. The Balaban J connectivity index is 1.82. The summed E-state index contributed by atoms with van der Waals surface area (Å²) in [5.41, 5.74) is 0.370. The SMILES string of the molecule is O=C(O)CC[C@@]1(CCC(=O)NCc2ccc(Cl)cc2)CCC(=O)N1. The van der Waals surface area contributed by atoms with Crippen molar-refractivity contribution in [2.75, 3.05) is 0 Å². The topological polar surface area (TPSA) is 95.5 Å². The van der Waals surface area contributed by atoms with Crippen LogP contribution in [0.4, 0.5) is 0 Å². The van der Waals surface area contributed by atoms with Gasteiger partial charge < -0.3 is 15.7 Å². The summed E-state index contributed by atoms with van der Waals surface area (Å²) in [6, 6.07) is 7.21. The van der Waals surface area contributed by atoms with Crippen LogP contribution in [-0.4, -0.2) is 28.4 Å². The molecule has 0 radical (unpaired) electrons. The van der Waals surface area contributed by atoms with Gasteiger partial charge in [0.1, 0.15) is 0 Å². The van der Waals surface area contributed by atoms with E-state index in [1.54, 1.807) is 12.1 Å². The number of benzene rings is 1. The summed E-state index contributed by atoms with van der Waals surface area (Å²) in [4.78, 5) is 34.4. The normalized spacial score (nSPS) is 19.8. The van der Waals surface area contributed by atoms with E-state index in [9.17, 15) is 14.4 Å². The first-order valence-corrected chi connectivity index (χ1v) is 8.30. The van der Waals surface area contributed by atoms with Gasteiger partial charge in [0.2, 0.25) is 11.8 Å². The zero-order valence-electron chi connectivity index (χ0n) is 13.3. The number of amides is 2. The molecule has 1 aliphatic rings. The molecule has 1 heterocycles. The number of nitrogens with one attached hydrogen (secondary N) is 2. The van der Waals surface area contributed by atoms with Gasteiger partial charge in [0, 0.05) is 36.4 Å². The lowest BCUT2D eigenvalue weighted by Gasteiger charge is -2.28. The predicted octanol–water partition coefficient (Wildman–Crippen LogP) is 2.25. The van der Waals surface area contributed by atoms with E-state index < -0.39 is 11.5 Å². The van der Waals surface area contributed by atoms with Crippen molar-refractivity contribution in [1.82, 2.24) is 10.6 Å². The van der Waals surface area contributed by atoms with Gasteiger partial charge in [-0.15, -0.1) is 0 Å². The lowest BCUT2D eigenvalue weighted by Crippen LogP contribution is -2.43. The van der Waals surface area contributed by atoms with E-state index in [0.717, 1.165) is 5.56 Å². The van der Waals surface area contributed by atoms with Crippen LogP contribution in [0.15, 0.2) is 24.3 Å². The maximum atomic E-state index is 12.0. The Kier molecular flexibility index (Phi) is 6.20. The highest BCUT2D eigenvalue weighted by Crippen LogP contribution is 2.30. The maximum Gasteiger partial charge on any atom is 0.303 e. The van der Waals surface area contributed by atoms with E-state index in [0.29, 0.717) is 37.3 Å². The van der Waals surface area contributed by atoms with Crippen LogP contribution in [0.2, 0.25) is 5.02 Å². The van der Waals surface area contributed by atoms with E-state index in [1.807, 2.05) is 12.1 Å². The zero-order valence-corrected chi connectivity index (χ0v) is 14.1. The molecular weight excluding hydrogens is 332 g/mol. The van der Waals surface area contributed by atoms with Gasteiger partial charge >= 0.3 is 5.97 Å². The second kappa shape index (κ2) is 8.15. The molecule has 1 fully saturated rings. The summed E-state index contributed by atoms with van der Waals surface area (Å²) < 4.78 is 0. The number of carboxylic acid groups (broad SMARTS) is 1. The molecule has 0 bridgehead atoms. The maximum absolute atomic E-state index is 12.0. The van der Waals surface area contributed by atoms with Crippen LogP contribution in [0.5, 0.6) is 0 Å². The molecule has 6 nitrogen and oxygen atoms in total. The minimum absolute atomic E-state index is 0.0212. The number of hydrogen-bond donors (Lipinski definition) is 3. The Bertz CT molecular complexity index is 618. The summed E-state index contributed by atoms with van der Waals surface area (Å²) in [6.07, 6.45) is 1.97. The first-order chi connectivity index (χ1) is 11.4. The van der Waals surface area contributed by atoms with Crippen molar-refractivity contribution in [2.45, 2.75) is 50.6 Å². The summed E-state index contributed by atoms with van der Waals surface area (Å²) in [5.74, 6) is -1.11. The van der Waals surface area contributed by atoms with Gasteiger partial charge in [0.15, 0.2) is 0 Å². The molecule has 0 saturated carbocycles. The van der Waals surface area contributed by atoms with E-state index in [1.165, 1.54) is 0 Å². The number of carbonyl (C=O) groups is 3. The van der Waals surface area contributed by atoms with Gasteiger partial charge in [-0.2, -0.15) is 0 Å². The first-order valence-electron chi connectivity index (χ1n) is 7.92. The lowest BCUT2D eigenvalue weighted by molar-refractivity contribution is -0.137. The third-order valence-corrected chi connectivity index (χ3v) is 4.54. The van der Waals surface area contributed by atoms with Gasteiger partial charge in [-0.3, -0.25) is 14.4 Å². The molecule has 7 heteroatoms. The van der Waals surface area contributed by atoms with Crippen LogP contribution >= 0.6 is 11.6 Å². The third-order valence-electron chi connectivity index (χ3n) is 4.29. The summed E-state index contributed by atoms with van der Waals surface area (Å²) in [6.45, 7) is 0.407. The summed E-state index contributed by atoms with van der Waals surface area (Å²) in [7, 11) is 0. The van der Waals surface area contributed by atoms with Gasteiger partial charge in [0.25, 0.3) is 0 Å². The van der Waals surface area contributed by atoms with Crippen molar-refractivity contribution < 1.29 is 19.5 Å². The first kappa shape index (κ1) is 18.3. The third kappa shape index (κ3) is 5.53. The summed E-state index contributed by atoms with van der Waals surface area (Å²) in [5, 5.41) is 15.2. The standard InChI is InChI=1S/C17H21ClN2O4/c18-13-3-1-12(2-4-13)11-19-14(21)5-8-17(10-7-16(23)24)9-6-15(22)20-17/h1-4H,5-11H2,(H,19,21)(H,20,22)(H,23,24)/t17-/m1/s1. The minimum atomic E-state index is -0.900. The van der Waals surface area contributed by atoms with Gasteiger partial charge in [-0.25, -0.2) is 0 Å². The molecule has 2 rings (SSSR count). The molecule has 1 aromatic carbocycles. The van der Waals surface area contributed by atoms with Crippen LogP contribution in [-0.2, 0) is 20.9 Å². The molecule has 1 aliphatic heterocycles. The molecule has 1 atom stereocenters. The molecular formula is C17H21ClN2O4. The fourth-order valence-corrected chi connectivity index (χ4v) is 2.99. The van der Waals surface area contributed by atoms with Gasteiger partial charge in [0.05, 0.1) is 0 Å². The fourth-order valence-electron chi connectivity index (χ4n) is 2.86. The molecule has 3 N–H and O–H groups in total. The zero-order chi connectivity index (χ0) is 17.6. The number of carboxylic acids is 1. The highest BCUT2D eigenvalue weighted by atomic mass is 35.5. The molecule has 24 heavy (non-hydrogen) atoms. The Morgan fingerprint density at radius 2 is 1.88 bits per heavy atom. The van der Waals surface area contributed by atoms with Crippen LogP contribution in [0, 0.1) is 0 Å². The number of halogens is 1. The van der Waals surface area contributed by atoms with Crippen LogP contribution < -0.4 is 10.6 Å². The van der Waals surface area contributed by atoms with Gasteiger partial charge in [-0.05, 0) is 37.0 Å². The average Bonchev–Trinajstić information content (AvgIpc) is 2.92. The predicted molar refractivity (Wildman–Crippen MR) is 89.5 cm³/mol. The number of aliphatic carboxylic acids is 1. The average molecular weight is 353 g/mol. The molecule has 1 saturated heterocycles. The van der Waals surface area contributed by atoms with E-state index in [2.05, 4.69) is 10.6 Å².